The molecule has 0 spiro atoms. The Balaban J connectivity index is 1.56. The van der Waals surface area contributed by atoms with Gasteiger partial charge in [-0.3, -0.25) is 14.4 Å². The topological polar surface area (TPSA) is 89.2 Å². The van der Waals surface area contributed by atoms with Gasteiger partial charge in [0.1, 0.15) is 0 Å². The van der Waals surface area contributed by atoms with Crippen LogP contribution in [0.2, 0.25) is 5.02 Å². The first-order valence-corrected chi connectivity index (χ1v) is 11.8. The van der Waals surface area contributed by atoms with Crippen molar-refractivity contribution in [2.75, 3.05) is 4.90 Å². The van der Waals surface area contributed by atoms with Gasteiger partial charge in [-0.2, -0.15) is 13.9 Å². The van der Waals surface area contributed by atoms with E-state index in [0.29, 0.717) is 28.9 Å². The second-order valence-electron chi connectivity index (χ2n) is 9.07. The number of pyridine rings is 1. The highest BCUT2D eigenvalue weighted by Gasteiger charge is 2.45. The zero-order valence-corrected chi connectivity index (χ0v) is 20.6. The number of amides is 2. The number of rotatable bonds is 5. The molecule has 0 bridgehead atoms. The van der Waals surface area contributed by atoms with Crippen molar-refractivity contribution in [1.82, 2.24) is 19.7 Å². The smallest absolute Gasteiger partial charge is 0.321 e. The average molecular weight is 526 g/mol. The Labute approximate surface area is 215 Å². The van der Waals surface area contributed by atoms with Crippen LogP contribution < -0.4 is 15.8 Å². The highest BCUT2D eigenvalue weighted by atomic mass is 35.5. The van der Waals surface area contributed by atoms with Gasteiger partial charge in [0.25, 0.3) is 5.91 Å². The lowest BCUT2D eigenvalue weighted by Crippen LogP contribution is -2.46. The zero-order valence-electron chi connectivity index (χ0n) is 19.9. The van der Waals surface area contributed by atoms with Crippen molar-refractivity contribution < 1.29 is 18.4 Å². The average Bonchev–Trinajstić information content (AvgIpc) is 3.40. The van der Waals surface area contributed by atoms with E-state index >= 15 is 0 Å². The SMILES string of the molecule is Cn1cc(-n2ncc3cc(N4C(=O)C[C@@H](NC(=O)C(C)(F)F)[C@@H]4c4cccc(Cl)c4)ccc32)ccc1=O. The van der Waals surface area contributed by atoms with Crippen LogP contribution in [0.5, 0.6) is 0 Å². The molecule has 190 valence electrons. The summed E-state index contributed by atoms with van der Waals surface area (Å²) in [5.41, 5.74) is 2.39. The first-order valence-electron chi connectivity index (χ1n) is 11.4. The molecule has 37 heavy (non-hydrogen) atoms. The highest BCUT2D eigenvalue weighted by Crippen LogP contribution is 2.39. The van der Waals surface area contributed by atoms with Crippen LogP contribution >= 0.6 is 11.6 Å². The van der Waals surface area contributed by atoms with E-state index in [-0.39, 0.29) is 17.9 Å². The first-order chi connectivity index (χ1) is 17.5. The van der Waals surface area contributed by atoms with Gasteiger partial charge in [-0.1, -0.05) is 23.7 Å². The number of carbonyl (C=O) groups is 2. The molecule has 11 heteroatoms. The minimum absolute atomic E-state index is 0.149. The van der Waals surface area contributed by atoms with E-state index < -0.39 is 23.9 Å². The van der Waals surface area contributed by atoms with Gasteiger partial charge in [0.15, 0.2) is 0 Å². The van der Waals surface area contributed by atoms with Crippen LogP contribution in [0.4, 0.5) is 14.5 Å². The van der Waals surface area contributed by atoms with E-state index in [1.807, 2.05) is 0 Å². The Hall–Kier alpha value is -4.05. The fourth-order valence-corrected chi connectivity index (χ4v) is 4.81. The standard InChI is InChI=1S/C26H22ClF2N5O3/c1-26(28,29)25(37)31-20-12-23(36)33(24(20)15-4-3-5-17(27)10-15)18-6-8-21-16(11-18)13-30-34(21)19-7-9-22(35)32(2)14-19/h3-11,13-14,20,24H,12H2,1-2H3,(H,31,37)/t20-,24+/m1/s1. The number of nitrogens with zero attached hydrogens (tertiary/aromatic N) is 4. The van der Waals surface area contributed by atoms with Crippen LogP contribution in [-0.2, 0) is 16.6 Å². The van der Waals surface area contributed by atoms with Gasteiger partial charge in [-0.05, 0) is 42.0 Å². The summed E-state index contributed by atoms with van der Waals surface area (Å²) in [5.74, 6) is -5.38. The van der Waals surface area contributed by atoms with Gasteiger partial charge in [0, 0.05) is 48.8 Å². The molecule has 1 aliphatic heterocycles. The largest absolute Gasteiger partial charge is 0.345 e. The van der Waals surface area contributed by atoms with E-state index in [1.54, 1.807) is 72.7 Å². The lowest BCUT2D eigenvalue weighted by molar-refractivity contribution is -0.143. The quantitative estimate of drug-likeness (QED) is 0.426. The number of hydrogen-bond donors (Lipinski definition) is 1. The fraction of sp³-hybridized carbons (Fsp3) is 0.231. The summed E-state index contributed by atoms with van der Waals surface area (Å²) < 4.78 is 30.5. The number of nitrogens with one attached hydrogen (secondary N) is 1. The van der Waals surface area contributed by atoms with Gasteiger partial charge in [0.2, 0.25) is 11.5 Å². The van der Waals surface area contributed by atoms with Crippen LogP contribution in [0.25, 0.3) is 16.6 Å². The van der Waals surface area contributed by atoms with Crippen LogP contribution in [0, 0.1) is 0 Å². The molecule has 3 heterocycles. The van der Waals surface area contributed by atoms with Crippen molar-refractivity contribution in [1.29, 1.82) is 0 Å². The summed E-state index contributed by atoms with van der Waals surface area (Å²) in [5, 5.41) is 7.92. The molecule has 8 nitrogen and oxygen atoms in total. The molecule has 1 saturated heterocycles. The zero-order chi connectivity index (χ0) is 26.5. The molecule has 1 N–H and O–H groups in total. The number of benzene rings is 2. The predicted octanol–water partition coefficient (Wildman–Crippen LogP) is 4.00. The van der Waals surface area contributed by atoms with Crippen molar-refractivity contribution in [3.8, 4) is 5.69 Å². The fourth-order valence-electron chi connectivity index (χ4n) is 4.62. The van der Waals surface area contributed by atoms with E-state index in [2.05, 4.69) is 10.4 Å². The molecule has 4 aromatic rings. The molecule has 2 aromatic carbocycles. The minimum Gasteiger partial charge on any atom is -0.345 e. The van der Waals surface area contributed by atoms with Crippen molar-refractivity contribution in [3.63, 3.8) is 0 Å². The third kappa shape index (κ3) is 4.60. The van der Waals surface area contributed by atoms with Gasteiger partial charge in [-0.25, -0.2) is 4.68 Å². The summed E-state index contributed by atoms with van der Waals surface area (Å²) in [6.07, 6.45) is 3.14. The summed E-state index contributed by atoms with van der Waals surface area (Å²) in [7, 11) is 1.65. The summed E-state index contributed by atoms with van der Waals surface area (Å²) in [6, 6.07) is 13.5. The highest BCUT2D eigenvalue weighted by molar-refractivity contribution is 6.30. The van der Waals surface area contributed by atoms with E-state index in [0.717, 1.165) is 10.9 Å². The van der Waals surface area contributed by atoms with Crippen molar-refractivity contribution >= 4 is 40.0 Å². The van der Waals surface area contributed by atoms with Crippen LogP contribution in [-0.4, -0.2) is 38.1 Å². The molecular weight excluding hydrogens is 504 g/mol. The van der Waals surface area contributed by atoms with E-state index in [1.165, 1.54) is 15.5 Å². The summed E-state index contributed by atoms with van der Waals surface area (Å²) in [6.45, 7) is 0.515. The molecular formula is C26H22ClF2N5O3. The predicted molar refractivity (Wildman–Crippen MR) is 135 cm³/mol. The van der Waals surface area contributed by atoms with Crippen molar-refractivity contribution in [3.05, 3.63) is 87.9 Å². The van der Waals surface area contributed by atoms with Crippen LogP contribution in [0.15, 0.2) is 71.8 Å². The van der Waals surface area contributed by atoms with Crippen molar-refractivity contribution in [2.24, 2.45) is 7.05 Å². The number of anilines is 1. The van der Waals surface area contributed by atoms with Gasteiger partial charge in [0.05, 0.1) is 29.5 Å². The molecule has 0 unspecified atom stereocenters. The lowest BCUT2D eigenvalue weighted by atomic mass is 9.99. The van der Waals surface area contributed by atoms with Crippen molar-refractivity contribution in [2.45, 2.75) is 31.4 Å². The molecule has 1 aliphatic rings. The number of aryl methyl sites for hydroxylation is 1. The number of halogens is 3. The first kappa shape index (κ1) is 24.6. The maximum atomic E-state index is 13.7. The minimum atomic E-state index is -3.59. The van der Waals surface area contributed by atoms with Gasteiger partial charge < -0.3 is 14.8 Å². The Bertz CT molecular complexity index is 1590. The second kappa shape index (κ2) is 9.11. The Morgan fingerprint density at radius 3 is 2.57 bits per heavy atom. The van der Waals surface area contributed by atoms with E-state index in [9.17, 15) is 23.2 Å². The number of alkyl halides is 2. The number of hydrogen-bond acceptors (Lipinski definition) is 4. The van der Waals surface area contributed by atoms with Gasteiger partial charge >= 0.3 is 5.92 Å². The number of carbonyl (C=O) groups excluding carboxylic acids is 2. The second-order valence-corrected chi connectivity index (χ2v) is 9.51. The molecule has 1 fully saturated rings. The normalized spacial score (nSPS) is 18.0. The molecule has 0 saturated carbocycles. The molecule has 0 radical (unpaired) electrons. The maximum Gasteiger partial charge on any atom is 0.321 e. The third-order valence-electron chi connectivity index (χ3n) is 6.37. The van der Waals surface area contributed by atoms with Gasteiger partial charge in [-0.15, -0.1) is 0 Å². The van der Waals surface area contributed by atoms with Crippen LogP contribution in [0.1, 0.15) is 24.9 Å². The molecule has 2 amide bonds. The summed E-state index contributed by atoms with van der Waals surface area (Å²) in [4.78, 5) is 38.6. The monoisotopic (exact) mass is 525 g/mol. The Kier molecular flexibility index (Phi) is 6.07. The van der Waals surface area contributed by atoms with E-state index in [4.69, 9.17) is 11.6 Å². The maximum absolute atomic E-state index is 13.7. The molecule has 2 aromatic heterocycles. The summed E-state index contributed by atoms with van der Waals surface area (Å²) >= 11 is 6.20. The van der Waals surface area contributed by atoms with Crippen LogP contribution in [0.3, 0.4) is 0 Å². The molecule has 0 aliphatic carbocycles. The Morgan fingerprint density at radius 2 is 1.86 bits per heavy atom. The molecule has 2 atom stereocenters. The third-order valence-corrected chi connectivity index (χ3v) is 6.61. The lowest BCUT2D eigenvalue weighted by Gasteiger charge is -2.30. The number of fused-ring (bicyclic) bond motifs is 1. The molecule has 5 rings (SSSR count). The number of aromatic nitrogens is 3. The Morgan fingerprint density at radius 1 is 1.11 bits per heavy atom.